The largest absolute Gasteiger partial charge is 0.340 e. The summed E-state index contributed by atoms with van der Waals surface area (Å²) in [7, 11) is 0. The summed E-state index contributed by atoms with van der Waals surface area (Å²) in [5.74, 6) is 1.58. The second-order valence-electron chi connectivity index (χ2n) is 6.46. The Morgan fingerprint density at radius 3 is 2.17 bits per heavy atom. The molecular formula is C18H29Cl2N3O. The van der Waals surface area contributed by atoms with E-state index in [1.165, 1.54) is 0 Å². The highest BCUT2D eigenvalue weighted by Crippen LogP contribution is 2.30. The van der Waals surface area contributed by atoms with Crippen molar-refractivity contribution in [3.05, 3.63) is 35.9 Å². The van der Waals surface area contributed by atoms with Crippen LogP contribution >= 0.6 is 24.8 Å². The molecule has 0 aromatic heterocycles. The van der Waals surface area contributed by atoms with Crippen LogP contribution in [0.3, 0.4) is 0 Å². The second-order valence-corrected chi connectivity index (χ2v) is 6.46. The zero-order valence-corrected chi connectivity index (χ0v) is 16.1. The van der Waals surface area contributed by atoms with Crippen molar-refractivity contribution < 1.29 is 4.79 Å². The van der Waals surface area contributed by atoms with E-state index in [1.54, 1.807) is 0 Å². The molecule has 6 heteroatoms. The fourth-order valence-corrected chi connectivity index (χ4v) is 3.94. The number of nitrogens with one attached hydrogen (secondary N) is 1. The molecule has 2 saturated heterocycles. The maximum absolute atomic E-state index is 13.2. The second kappa shape index (κ2) is 9.62. The number of fused-ring (bicyclic) bond motifs is 1. The molecule has 2 fully saturated rings. The molecule has 1 amide bonds. The van der Waals surface area contributed by atoms with Gasteiger partial charge in [-0.05, 0) is 30.5 Å². The Balaban J connectivity index is 0.00000144. The summed E-state index contributed by atoms with van der Waals surface area (Å²) < 4.78 is 0. The summed E-state index contributed by atoms with van der Waals surface area (Å²) in [5.41, 5.74) is 1.12. The molecular weight excluding hydrogens is 345 g/mol. The summed E-state index contributed by atoms with van der Waals surface area (Å²) in [4.78, 5) is 17.6. The Labute approximate surface area is 157 Å². The van der Waals surface area contributed by atoms with Gasteiger partial charge in [0, 0.05) is 26.2 Å². The van der Waals surface area contributed by atoms with E-state index in [0.717, 1.165) is 44.8 Å². The highest BCUT2D eigenvalue weighted by Gasteiger charge is 2.40. The Hall–Kier alpha value is -0.810. The van der Waals surface area contributed by atoms with Crippen LogP contribution in [-0.4, -0.2) is 55.0 Å². The average Bonchev–Trinajstić information content (AvgIpc) is 3.14. The number of likely N-dealkylation sites (N-methyl/N-ethyl adjacent to an activating group) is 1. The predicted octanol–water partition coefficient (Wildman–Crippen LogP) is 2.59. The highest BCUT2D eigenvalue weighted by atomic mass is 35.5. The summed E-state index contributed by atoms with van der Waals surface area (Å²) in [5, 5.41) is 3.44. The third kappa shape index (κ3) is 4.23. The number of rotatable bonds is 5. The zero-order valence-electron chi connectivity index (χ0n) is 14.5. The number of likely N-dealkylation sites (tertiary alicyclic amines) is 1. The number of hydrogen-bond acceptors (Lipinski definition) is 3. The molecule has 1 N–H and O–H groups in total. The lowest BCUT2D eigenvalue weighted by Gasteiger charge is -2.32. The Bertz CT molecular complexity index is 498. The van der Waals surface area contributed by atoms with Crippen LogP contribution in [0, 0.1) is 11.8 Å². The number of halogens is 2. The van der Waals surface area contributed by atoms with Gasteiger partial charge in [0.2, 0.25) is 5.91 Å². The molecule has 136 valence electrons. The number of carbonyl (C=O) groups is 1. The van der Waals surface area contributed by atoms with Crippen LogP contribution in [0.25, 0.3) is 0 Å². The quantitative estimate of drug-likeness (QED) is 0.861. The smallest absolute Gasteiger partial charge is 0.244 e. The van der Waals surface area contributed by atoms with Gasteiger partial charge < -0.3 is 10.2 Å². The molecule has 1 aromatic carbocycles. The highest BCUT2D eigenvalue weighted by molar-refractivity contribution is 5.85. The number of carbonyl (C=O) groups excluding carboxylic acids is 1. The van der Waals surface area contributed by atoms with E-state index in [0.29, 0.717) is 11.8 Å². The number of benzene rings is 1. The molecule has 2 aliphatic rings. The van der Waals surface area contributed by atoms with Crippen LogP contribution in [0.2, 0.25) is 0 Å². The standard InChI is InChI=1S/C18H27N3O.2ClH/c1-3-20(4-2)17(14-8-6-5-7-9-14)18(22)21-12-15-10-19-11-16(15)13-21;;/h5-9,15-17,19H,3-4,10-13H2,1-2H3;2*1H/t15-,16+,17?;;. The first-order valence-corrected chi connectivity index (χ1v) is 8.53. The van der Waals surface area contributed by atoms with E-state index in [-0.39, 0.29) is 36.8 Å². The van der Waals surface area contributed by atoms with Crippen LogP contribution in [0.5, 0.6) is 0 Å². The van der Waals surface area contributed by atoms with E-state index in [1.807, 2.05) is 18.2 Å². The van der Waals surface area contributed by atoms with E-state index < -0.39 is 0 Å². The van der Waals surface area contributed by atoms with Crippen molar-refractivity contribution in [1.82, 2.24) is 15.1 Å². The monoisotopic (exact) mass is 373 g/mol. The molecule has 1 unspecified atom stereocenters. The summed E-state index contributed by atoms with van der Waals surface area (Å²) in [6.07, 6.45) is 0. The molecule has 0 bridgehead atoms. The molecule has 1 aromatic rings. The minimum absolute atomic E-state index is 0. The molecule has 0 saturated carbocycles. The predicted molar refractivity (Wildman–Crippen MR) is 103 cm³/mol. The molecule has 0 aliphatic carbocycles. The maximum atomic E-state index is 13.2. The number of nitrogens with zero attached hydrogens (tertiary/aromatic N) is 2. The van der Waals surface area contributed by atoms with Crippen LogP contribution in [-0.2, 0) is 4.79 Å². The number of amides is 1. The topological polar surface area (TPSA) is 35.6 Å². The van der Waals surface area contributed by atoms with E-state index in [4.69, 9.17) is 0 Å². The van der Waals surface area contributed by atoms with Crippen LogP contribution in [0.4, 0.5) is 0 Å². The lowest BCUT2D eigenvalue weighted by Crippen LogP contribution is -2.43. The molecule has 0 radical (unpaired) electrons. The van der Waals surface area contributed by atoms with Gasteiger partial charge in [-0.3, -0.25) is 9.69 Å². The molecule has 3 rings (SSSR count). The van der Waals surface area contributed by atoms with E-state index >= 15 is 0 Å². The molecule has 4 nitrogen and oxygen atoms in total. The van der Waals surface area contributed by atoms with Gasteiger partial charge in [-0.25, -0.2) is 0 Å². The SMILES string of the molecule is CCN(CC)C(C(=O)N1C[C@H]2CNC[C@H]2C1)c1ccccc1.Cl.Cl. The van der Waals surface area contributed by atoms with Gasteiger partial charge in [0.15, 0.2) is 0 Å². The third-order valence-electron chi connectivity index (χ3n) is 5.23. The van der Waals surface area contributed by atoms with Gasteiger partial charge in [-0.2, -0.15) is 0 Å². The van der Waals surface area contributed by atoms with Crippen molar-refractivity contribution in [2.45, 2.75) is 19.9 Å². The van der Waals surface area contributed by atoms with E-state index in [9.17, 15) is 4.79 Å². The van der Waals surface area contributed by atoms with Crippen molar-refractivity contribution in [2.24, 2.45) is 11.8 Å². The van der Waals surface area contributed by atoms with Crippen molar-refractivity contribution in [3.8, 4) is 0 Å². The zero-order chi connectivity index (χ0) is 15.5. The molecule has 2 aliphatic heterocycles. The number of hydrogen-bond donors (Lipinski definition) is 1. The summed E-state index contributed by atoms with van der Waals surface area (Å²) in [6, 6.07) is 10.1. The fraction of sp³-hybridized carbons (Fsp3) is 0.611. The minimum Gasteiger partial charge on any atom is -0.340 e. The first kappa shape index (κ1) is 21.2. The van der Waals surface area contributed by atoms with Crippen LogP contribution < -0.4 is 5.32 Å². The maximum Gasteiger partial charge on any atom is 0.244 e. The van der Waals surface area contributed by atoms with E-state index in [2.05, 4.69) is 41.1 Å². The first-order valence-electron chi connectivity index (χ1n) is 8.53. The van der Waals surface area contributed by atoms with Crippen LogP contribution in [0.15, 0.2) is 30.3 Å². The average molecular weight is 374 g/mol. The fourth-order valence-electron chi connectivity index (χ4n) is 3.94. The van der Waals surface area contributed by atoms with Gasteiger partial charge in [-0.1, -0.05) is 44.2 Å². The summed E-state index contributed by atoms with van der Waals surface area (Å²) in [6.45, 7) is 10.0. The van der Waals surface area contributed by atoms with Crippen molar-refractivity contribution in [1.29, 1.82) is 0 Å². The first-order chi connectivity index (χ1) is 10.7. The lowest BCUT2D eigenvalue weighted by molar-refractivity contribution is -0.136. The Morgan fingerprint density at radius 2 is 1.67 bits per heavy atom. The normalized spacial score (nSPS) is 23.4. The van der Waals surface area contributed by atoms with Gasteiger partial charge in [-0.15, -0.1) is 24.8 Å². The molecule has 0 spiro atoms. The Kier molecular flexibility index (Phi) is 8.51. The third-order valence-corrected chi connectivity index (χ3v) is 5.23. The van der Waals surface area contributed by atoms with Crippen molar-refractivity contribution in [2.75, 3.05) is 39.3 Å². The van der Waals surface area contributed by atoms with Crippen molar-refractivity contribution in [3.63, 3.8) is 0 Å². The van der Waals surface area contributed by atoms with Gasteiger partial charge in [0.25, 0.3) is 0 Å². The summed E-state index contributed by atoms with van der Waals surface area (Å²) >= 11 is 0. The molecule has 2 heterocycles. The molecule has 3 atom stereocenters. The van der Waals surface area contributed by atoms with Crippen LogP contribution in [0.1, 0.15) is 25.5 Å². The Morgan fingerprint density at radius 1 is 1.12 bits per heavy atom. The van der Waals surface area contributed by atoms with Gasteiger partial charge >= 0.3 is 0 Å². The van der Waals surface area contributed by atoms with Gasteiger partial charge in [0.1, 0.15) is 6.04 Å². The lowest BCUT2D eigenvalue weighted by atomic mass is 10.0. The van der Waals surface area contributed by atoms with Crippen molar-refractivity contribution >= 4 is 30.7 Å². The van der Waals surface area contributed by atoms with Gasteiger partial charge in [0.05, 0.1) is 0 Å². The minimum atomic E-state index is -0.136. The molecule has 24 heavy (non-hydrogen) atoms.